The first-order valence-corrected chi connectivity index (χ1v) is 8.42. The summed E-state index contributed by atoms with van der Waals surface area (Å²) in [5.41, 5.74) is 1.00. The summed E-state index contributed by atoms with van der Waals surface area (Å²) in [6.07, 6.45) is 0. The number of carbonyl (C=O) groups is 3. The summed E-state index contributed by atoms with van der Waals surface area (Å²) in [6, 6.07) is 6.76. The summed E-state index contributed by atoms with van der Waals surface area (Å²) < 4.78 is 0. The standard InChI is InChI=1S/C18H26N4O3/c1-12(21(5)10-16(24)20-18(2,3)4)17(25)22-11-15(23)19-13-8-6-7-9-14(13)22/h6-9,12H,10-11H2,1-5H3,(H,19,23)(H,20,24)/p+1/t12-/m1/s1. The summed E-state index contributed by atoms with van der Waals surface area (Å²) in [7, 11) is 1.81. The average Bonchev–Trinajstić information content (AvgIpc) is 2.50. The number of quaternary nitrogens is 1. The van der Waals surface area contributed by atoms with Crippen LogP contribution < -0.4 is 20.4 Å². The van der Waals surface area contributed by atoms with Crippen LogP contribution in [0.1, 0.15) is 27.7 Å². The number of nitrogens with one attached hydrogen (secondary N) is 3. The Balaban J connectivity index is 2.09. The highest BCUT2D eigenvalue weighted by atomic mass is 16.2. The van der Waals surface area contributed by atoms with Crippen LogP contribution in [0.15, 0.2) is 24.3 Å². The highest BCUT2D eigenvalue weighted by molar-refractivity contribution is 6.10. The molecule has 1 aromatic rings. The van der Waals surface area contributed by atoms with Crippen molar-refractivity contribution in [2.75, 3.05) is 30.4 Å². The van der Waals surface area contributed by atoms with Gasteiger partial charge >= 0.3 is 0 Å². The first kappa shape index (κ1) is 18.9. The Labute approximate surface area is 148 Å². The van der Waals surface area contributed by atoms with E-state index in [4.69, 9.17) is 0 Å². The molecular weight excluding hydrogens is 320 g/mol. The molecule has 0 aliphatic carbocycles. The van der Waals surface area contributed by atoms with Gasteiger partial charge in [0.1, 0.15) is 6.54 Å². The molecule has 3 N–H and O–H groups in total. The van der Waals surface area contributed by atoms with Crippen LogP contribution in [0.4, 0.5) is 11.4 Å². The highest BCUT2D eigenvalue weighted by Crippen LogP contribution is 2.29. The Morgan fingerprint density at radius 2 is 1.96 bits per heavy atom. The lowest BCUT2D eigenvalue weighted by atomic mass is 10.1. The molecule has 0 saturated carbocycles. The molecule has 1 aliphatic heterocycles. The molecule has 0 aromatic heterocycles. The van der Waals surface area contributed by atoms with E-state index in [2.05, 4.69) is 10.6 Å². The van der Waals surface area contributed by atoms with Crippen molar-refractivity contribution in [2.45, 2.75) is 39.3 Å². The van der Waals surface area contributed by atoms with Gasteiger partial charge in [-0.2, -0.15) is 0 Å². The molecule has 1 unspecified atom stereocenters. The zero-order chi connectivity index (χ0) is 18.8. The van der Waals surface area contributed by atoms with Gasteiger partial charge in [0.05, 0.1) is 18.4 Å². The second kappa shape index (κ2) is 7.23. The maximum atomic E-state index is 12.9. The van der Waals surface area contributed by atoms with E-state index >= 15 is 0 Å². The second-order valence-electron chi connectivity index (χ2n) is 7.53. The number of likely N-dealkylation sites (N-methyl/N-ethyl adjacent to an activating group) is 1. The van der Waals surface area contributed by atoms with Gasteiger partial charge in [0.15, 0.2) is 12.6 Å². The maximum Gasteiger partial charge on any atom is 0.285 e. The van der Waals surface area contributed by atoms with E-state index in [1.165, 1.54) is 4.90 Å². The van der Waals surface area contributed by atoms with E-state index in [1.54, 1.807) is 26.1 Å². The minimum absolute atomic E-state index is 0.0122. The number of hydrogen-bond acceptors (Lipinski definition) is 3. The van der Waals surface area contributed by atoms with Crippen LogP contribution in [0.2, 0.25) is 0 Å². The van der Waals surface area contributed by atoms with Crippen LogP contribution in [0.5, 0.6) is 0 Å². The van der Waals surface area contributed by atoms with Crippen molar-refractivity contribution in [1.82, 2.24) is 5.32 Å². The molecule has 3 amide bonds. The lowest BCUT2D eigenvalue weighted by molar-refractivity contribution is -0.885. The Bertz CT molecular complexity index is 681. The lowest BCUT2D eigenvalue weighted by Gasteiger charge is -2.32. The molecule has 7 nitrogen and oxygen atoms in total. The second-order valence-corrected chi connectivity index (χ2v) is 7.53. The van der Waals surface area contributed by atoms with E-state index in [0.717, 1.165) is 4.90 Å². The fourth-order valence-corrected chi connectivity index (χ4v) is 2.74. The van der Waals surface area contributed by atoms with E-state index < -0.39 is 6.04 Å². The maximum absolute atomic E-state index is 12.9. The van der Waals surface area contributed by atoms with Crippen molar-refractivity contribution in [2.24, 2.45) is 0 Å². The molecule has 0 radical (unpaired) electrons. The third-order valence-corrected chi connectivity index (χ3v) is 4.10. The quantitative estimate of drug-likeness (QED) is 0.705. The topological polar surface area (TPSA) is 83.0 Å². The summed E-state index contributed by atoms with van der Waals surface area (Å²) in [5.74, 6) is -0.507. The van der Waals surface area contributed by atoms with Crippen LogP contribution in [-0.4, -0.2) is 49.4 Å². The minimum atomic E-state index is -0.454. The van der Waals surface area contributed by atoms with Crippen LogP contribution in [0.25, 0.3) is 0 Å². The Morgan fingerprint density at radius 1 is 1.32 bits per heavy atom. The fourth-order valence-electron chi connectivity index (χ4n) is 2.74. The molecule has 0 bridgehead atoms. The normalized spacial score (nSPS) is 16.5. The third-order valence-electron chi connectivity index (χ3n) is 4.10. The summed E-state index contributed by atoms with van der Waals surface area (Å²) >= 11 is 0. The Morgan fingerprint density at radius 3 is 2.60 bits per heavy atom. The summed E-state index contributed by atoms with van der Waals surface area (Å²) in [6.45, 7) is 7.69. The van der Waals surface area contributed by atoms with E-state index in [1.807, 2.05) is 32.9 Å². The largest absolute Gasteiger partial charge is 0.347 e. The Hall–Kier alpha value is -2.41. The smallest absolute Gasteiger partial charge is 0.285 e. The molecule has 25 heavy (non-hydrogen) atoms. The molecule has 1 heterocycles. The van der Waals surface area contributed by atoms with Gasteiger partial charge in [-0.15, -0.1) is 0 Å². The van der Waals surface area contributed by atoms with Gasteiger partial charge in [0.2, 0.25) is 5.91 Å². The predicted molar refractivity (Wildman–Crippen MR) is 96.5 cm³/mol. The van der Waals surface area contributed by atoms with Gasteiger partial charge in [0.25, 0.3) is 11.8 Å². The molecule has 0 saturated heterocycles. The van der Waals surface area contributed by atoms with Crippen LogP contribution >= 0.6 is 0 Å². The fraction of sp³-hybridized carbons (Fsp3) is 0.500. The monoisotopic (exact) mass is 347 g/mol. The molecule has 7 heteroatoms. The molecule has 2 atom stereocenters. The van der Waals surface area contributed by atoms with Crippen LogP contribution in [0, 0.1) is 0 Å². The molecule has 0 spiro atoms. The molecule has 2 rings (SSSR count). The SMILES string of the molecule is C[C@H](C(=O)N1CC(=O)Nc2ccccc21)[NH+](C)CC(=O)NC(C)(C)C. The molecule has 0 fully saturated rings. The number of fused-ring (bicyclic) bond motifs is 1. The Kier molecular flexibility index (Phi) is 5.47. The van der Waals surface area contributed by atoms with Crippen molar-refractivity contribution in [3.05, 3.63) is 24.3 Å². The third kappa shape index (κ3) is 4.79. The van der Waals surface area contributed by atoms with E-state index in [0.29, 0.717) is 11.4 Å². The first-order chi connectivity index (χ1) is 11.6. The van der Waals surface area contributed by atoms with Gasteiger partial charge in [-0.25, -0.2) is 0 Å². The van der Waals surface area contributed by atoms with Gasteiger partial charge in [-0.1, -0.05) is 12.1 Å². The van der Waals surface area contributed by atoms with Crippen molar-refractivity contribution < 1.29 is 19.3 Å². The molecule has 136 valence electrons. The predicted octanol–water partition coefficient (Wildman–Crippen LogP) is -0.210. The molecule has 1 aliphatic rings. The van der Waals surface area contributed by atoms with Crippen LogP contribution in [0.3, 0.4) is 0 Å². The van der Waals surface area contributed by atoms with Crippen molar-refractivity contribution in [3.63, 3.8) is 0 Å². The van der Waals surface area contributed by atoms with E-state index in [9.17, 15) is 14.4 Å². The summed E-state index contributed by atoms with van der Waals surface area (Å²) in [5, 5.41) is 5.66. The minimum Gasteiger partial charge on any atom is -0.347 e. The lowest BCUT2D eigenvalue weighted by Crippen LogP contribution is -3.15. The number of amides is 3. The van der Waals surface area contributed by atoms with Gasteiger partial charge < -0.3 is 15.5 Å². The average molecular weight is 347 g/mol. The number of benzene rings is 1. The van der Waals surface area contributed by atoms with Gasteiger partial charge in [-0.3, -0.25) is 19.3 Å². The number of nitrogens with zero attached hydrogens (tertiary/aromatic N) is 1. The first-order valence-electron chi connectivity index (χ1n) is 8.42. The molecule has 1 aromatic carbocycles. The molecular formula is C18H27N4O3+. The number of hydrogen-bond donors (Lipinski definition) is 3. The zero-order valence-corrected chi connectivity index (χ0v) is 15.5. The number of anilines is 2. The van der Waals surface area contributed by atoms with Gasteiger partial charge in [0, 0.05) is 5.54 Å². The number of para-hydroxylation sites is 2. The zero-order valence-electron chi connectivity index (χ0n) is 15.5. The van der Waals surface area contributed by atoms with Crippen LogP contribution in [-0.2, 0) is 14.4 Å². The number of rotatable bonds is 4. The van der Waals surface area contributed by atoms with Crippen molar-refractivity contribution >= 4 is 29.1 Å². The van der Waals surface area contributed by atoms with E-state index in [-0.39, 0.29) is 36.3 Å². The highest BCUT2D eigenvalue weighted by Gasteiger charge is 2.34. The van der Waals surface area contributed by atoms with Crippen molar-refractivity contribution in [3.8, 4) is 0 Å². The summed E-state index contributed by atoms with van der Waals surface area (Å²) in [4.78, 5) is 39.2. The van der Waals surface area contributed by atoms with Gasteiger partial charge in [-0.05, 0) is 39.8 Å². The number of carbonyl (C=O) groups excluding carboxylic acids is 3. The van der Waals surface area contributed by atoms with Crippen molar-refractivity contribution in [1.29, 1.82) is 0 Å².